The molecular weight excluding hydrogens is 196 g/mol. The maximum Gasteiger partial charge on any atom is 0.106 e. The standard InChI is InChI=1S/C10H16N2OS/c1-3-13-7-12-14-10-6-9(11)5-4-8(10)2/h4-6,12H,3,7,11H2,1-2H3. The molecule has 3 nitrogen and oxygen atoms in total. The van der Waals surface area contributed by atoms with Crippen molar-refractivity contribution in [3.05, 3.63) is 23.8 Å². The minimum atomic E-state index is 0.551. The van der Waals surface area contributed by atoms with Gasteiger partial charge in [-0.2, -0.15) is 0 Å². The molecule has 0 bridgehead atoms. The number of aryl methyl sites for hydroxylation is 1. The SMILES string of the molecule is CCOCNSc1cc(N)ccc1C. The topological polar surface area (TPSA) is 47.3 Å². The third-order valence-corrected chi connectivity index (χ3v) is 2.68. The Morgan fingerprint density at radius 2 is 2.29 bits per heavy atom. The first-order valence-electron chi connectivity index (χ1n) is 4.57. The number of nitrogens with one attached hydrogen (secondary N) is 1. The second-order valence-electron chi connectivity index (χ2n) is 2.91. The summed E-state index contributed by atoms with van der Waals surface area (Å²) in [5.74, 6) is 0. The lowest BCUT2D eigenvalue weighted by atomic mass is 10.2. The molecule has 0 spiro atoms. The third kappa shape index (κ3) is 3.57. The van der Waals surface area contributed by atoms with E-state index in [0.717, 1.165) is 17.2 Å². The van der Waals surface area contributed by atoms with E-state index in [9.17, 15) is 0 Å². The Kier molecular flexibility index (Phi) is 4.79. The number of rotatable bonds is 5. The molecule has 14 heavy (non-hydrogen) atoms. The van der Waals surface area contributed by atoms with Crippen molar-refractivity contribution >= 4 is 17.6 Å². The molecular formula is C10H16N2OS. The Bertz CT molecular complexity index is 291. The van der Waals surface area contributed by atoms with Crippen LogP contribution in [0.4, 0.5) is 5.69 Å². The van der Waals surface area contributed by atoms with Gasteiger partial charge in [0.05, 0.1) is 0 Å². The normalized spacial score (nSPS) is 10.4. The van der Waals surface area contributed by atoms with Crippen LogP contribution in [0.25, 0.3) is 0 Å². The summed E-state index contributed by atoms with van der Waals surface area (Å²) in [5, 5.41) is 0. The summed E-state index contributed by atoms with van der Waals surface area (Å²) in [6.07, 6.45) is 0. The molecule has 1 aromatic carbocycles. The van der Waals surface area contributed by atoms with Crippen molar-refractivity contribution in [2.75, 3.05) is 19.1 Å². The Balaban J connectivity index is 2.45. The van der Waals surface area contributed by atoms with Crippen molar-refractivity contribution in [1.82, 2.24) is 4.72 Å². The van der Waals surface area contributed by atoms with E-state index in [1.165, 1.54) is 5.56 Å². The molecule has 0 aliphatic rings. The maximum absolute atomic E-state index is 5.69. The third-order valence-electron chi connectivity index (χ3n) is 1.76. The second kappa shape index (κ2) is 5.90. The fourth-order valence-electron chi connectivity index (χ4n) is 0.978. The van der Waals surface area contributed by atoms with Gasteiger partial charge in [0, 0.05) is 17.2 Å². The molecule has 0 amide bonds. The van der Waals surface area contributed by atoms with Crippen LogP contribution in [0.2, 0.25) is 0 Å². The largest absolute Gasteiger partial charge is 0.399 e. The minimum absolute atomic E-state index is 0.551. The molecule has 0 saturated carbocycles. The van der Waals surface area contributed by atoms with Gasteiger partial charge in [-0.05, 0) is 43.5 Å². The monoisotopic (exact) mass is 212 g/mol. The summed E-state index contributed by atoms with van der Waals surface area (Å²) < 4.78 is 8.27. The summed E-state index contributed by atoms with van der Waals surface area (Å²) in [5.41, 5.74) is 7.69. The van der Waals surface area contributed by atoms with Crippen LogP contribution in [0.5, 0.6) is 0 Å². The molecule has 0 unspecified atom stereocenters. The molecule has 1 rings (SSSR count). The molecule has 0 radical (unpaired) electrons. The zero-order chi connectivity index (χ0) is 10.4. The summed E-state index contributed by atoms with van der Waals surface area (Å²) in [6, 6.07) is 5.88. The lowest BCUT2D eigenvalue weighted by molar-refractivity contribution is 0.146. The molecule has 78 valence electrons. The summed E-state index contributed by atoms with van der Waals surface area (Å²) in [7, 11) is 0. The van der Waals surface area contributed by atoms with E-state index >= 15 is 0 Å². The second-order valence-corrected chi connectivity index (χ2v) is 3.84. The highest BCUT2D eigenvalue weighted by Gasteiger charge is 1.98. The van der Waals surface area contributed by atoms with Crippen molar-refractivity contribution in [3.8, 4) is 0 Å². The van der Waals surface area contributed by atoms with Crippen LogP contribution in [0.15, 0.2) is 23.1 Å². The summed E-state index contributed by atoms with van der Waals surface area (Å²) in [4.78, 5) is 1.14. The number of hydrogen-bond donors (Lipinski definition) is 2. The van der Waals surface area contributed by atoms with E-state index in [1.807, 2.05) is 25.1 Å². The van der Waals surface area contributed by atoms with Gasteiger partial charge in [0.25, 0.3) is 0 Å². The van der Waals surface area contributed by atoms with Crippen molar-refractivity contribution in [1.29, 1.82) is 0 Å². The Morgan fingerprint density at radius 1 is 1.50 bits per heavy atom. The van der Waals surface area contributed by atoms with Crippen LogP contribution in [0, 0.1) is 6.92 Å². The molecule has 3 N–H and O–H groups in total. The van der Waals surface area contributed by atoms with Gasteiger partial charge in [0.1, 0.15) is 6.73 Å². The molecule has 0 aliphatic heterocycles. The quantitative estimate of drug-likeness (QED) is 0.340. The highest BCUT2D eigenvalue weighted by molar-refractivity contribution is 7.97. The van der Waals surface area contributed by atoms with Gasteiger partial charge in [0.2, 0.25) is 0 Å². The van der Waals surface area contributed by atoms with E-state index in [4.69, 9.17) is 10.5 Å². The van der Waals surface area contributed by atoms with Crippen molar-refractivity contribution in [3.63, 3.8) is 0 Å². The van der Waals surface area contributed by atoms with Crippen LogP contribution in [-0.4, -0.2) is 13.3 Å². The smallest absolute Gasteiger partial charge is 0.106 e. The van der Waals surface area contributed by atoms with Crippen LogP contribution in [-0.2, 0) is 4.74 Å². The Labute approximate surface area is 89.2 Å². The van der Waals surface area contributed by atoms with Gasteiger partial charge < -0.3 is 10.5 Å². The van der Waals surface area contributed by atoms with Gasteiger partial charge in [-0.3, -0.25) is 0 Å². The number of ether oxygens (including phenoxy) is 1. The average molecular weight is 212 g/mol. The predicted molar refractivity (Wildman–Crippen MR) is 61.1 cm³/mol. The van der Waals surface area contributed by atoms with Gasteiger partial charge in [-0.1, -0.05) is 6.07 Å². The van der Waals surface area contributed by atoms with E-state index in [1.54, 1.807) is 11.9 Å². The molecule has 4 heteroatoms. The number of anilines is 1. The van der Waals surface area contributed by atoms with Gasteiger partial charge >= 0.3 is 0 Å². The first kappa shape index (κ1) is 11.4. The van der Waals surface area contributed by atoms with Gasteiger partial charge in [-0.25, -0.2) is 4.72 Å². The highest BCUT2D eigenvalue weighted by Crippen LogP contribution is 2.21. The van der Waals surface area contributed by atoms with E-state index in [-0.39, 0.29) is 0 Å². The van der Waals surface area contributed by atoms with E-state index < -0.39 is 0 Å². The average Bonchev–Trinajstić information content (AvgIpc) is 2.18. The first-order chi connectivity index (χ1) is 6.74. The fourth-order valence-corrected chi connectivity index (χ4v) is 1.70. The van der Waals surface area contributed by atoms with E-state index in [0.29, 0.717) is 6.73 Å². The number of benzene rings is 1. The Morgan fingerprint density at radius 3 is 3.00 bits per heavy atom. The first-order valence-corrected chi connectivity index (χ1v) is 5.39. The summed E-state index contributed by atoms with van der Waals surface area (Å²) in [6.45, 7) is 5.31. The molecule has 0 saturated heterocycles. The van der Waals surface area contributed by atoms with Crippen molar-refractivity contribution in [2.45, 2.75) is 18.7 Å². The number of nitrogens with two attached hydrogens (primary N) is 1. The summed E-state index contributed by atoms with van der Waals surface area (Å²) >= 11 is 1.55. The van der Waals surface area contributed by atoms with E-state index in [2.05, 4.69) is 11.6 Å². The van der Waals surface area contributed by atoms with Crippen molar-refractivity contribution < 1.29 is 4.74 Å². The minimum Gasteiger partial charge on any atom is -0.399 e. The molecule has 0 heterocycles. The zero-order valence-corrected chi connectivity index (χ0v) is 9.36. The Hall–Kier alpha value is -0.710. The molecule has 0 aromatic heterocycles. The maximum atomic E-state index is 5.69. The van der Waals surface area contributed by atoms with Crippen LogP contribution in [0.3, 0.4) is 0 Å². The van der Waals surface area contributed by atoms with Crippen LogP contribution >= 0.6 is 11.9 Å². The van der Waals surface area contributed by atoms with Crippen LogP contribution < -0.4 is 10.5 Å². The lowest BCUT2D eigenvalue weighted by Gasteiger charge is -2.07. The lowest BCUT2D eigenvalue weighted by Crippen LogP contribution is -2.09. The van der Waals surface area contributed by atoms with Gasteiger partial charge in [0.15, 0.2) is 0 Å². The fraction of sp³-hybridized carbons (Fsp3) is 0.400. The van der Waals surface area contributed by atoms with Gasteiger partial charge in [-0.15, -0.1) is 0 Å². The predicted octanol–water partition coefficient (Wildman–Crippen LogP) is 2.17. The molecule has 0 atom stereocenters. The molecule has 0 aliphatic carbocycles. The zero-order valence-electron chi connectivity index (χ0n) is 8.54. The highest BCUT2D eigenvalue weighted by atomic mass is 32.2. The van der Waals surface area contributed by atoms with Crippen molar-refractivity contribution in [2.24, 2.45) is 0 Å². The van der Waals surface area contributed by atoms with Crippen LogP contribution in [0.1, 0.15) is 12.5 Å². The number of nitrogen functional groups attached to an aromatic ring is 1. The number of hydrogen-bond acceptors (Lipinski definition) is 4. The molecule has 0 fully saturated rings. The molecule has 1 aromatic rings.